The van der Waals surface area contributed by atoms with Crippen molar-refractivity contribution >= 4 is 45.8 Å². The minimum atomic E-state index is -0.159. The maximum absolute atomic E-state index is 6.32. The molecule has 0 N–H and O–H groups in total. The van der Waals surface area contributed by atoms with Gasteiger partial charge in [0, 0.05) is 6.04 Å². The molecular weight excluding hydrogens is 315 g/mol. The average Bonchev–Trinajstić information content (AvgIpc) is 2.70. The fraction of sp³-hybridized carbons (Fsp3) is 0.533. The number of nitrogens with zero attached hydrogens (tertiary/aromatic N) is 2. The number of hydrogen-bond donors (Lipinski definition) is 0. The summed E-state index contributed by atoms with van der Waals surface area (Å²) in [5.41, 5.74) is 1.85. The maximum Gasteiger partial charge on any atom is 0.127 e. The van der Waals surface area contributed by atoms with Crippen LogP contribution in [-0.4, -0.2) is 9.55 Å². The number of halogens is 3. The maximum atomic E-state index is 6.32. The van der Waals surface area contributed by atoms with E-state index in [1.165, 1.54) is 0 Å². The van der Waals surface area contributed by atoms with Crippen LogP contribution in [-0.2, 0) is 0 Å². The lowest BCUT2D eigenvalue weighted by molar-refractivity contribution is 0.364. The number of rotatable bonds is 4. The highest BCUT2D eigenvalue weighted by Crippen LogP contribution is 2.35. The highest BCUT2D eigenvalue weighted by Gasteiger charge is 2.23. The molecule has 0 aliphatic heterocycles. The summed E-state index contributed by atoms with van der Waals surface area (Å²) in [6.07, 6.45) is 1.01. The summed E-state index contributed by atoms with van der Waals surface area (Å²) in [6, 6.07) is 4.04. The molecule has 0 saturated carbocycles. The van der Waals surface area contributed by atoms with E-state index < -0.39 is 0 Å². The zero-order valence-electron chi connectivity index (χ0n) is 12.1. The molecule has 110 valence electrons. The molecule has 20 heavy (non-hydrogen) atoms. The molecule has 2 atom stereocenters. The van der Waals surface area contributed by atoms with Crippen molar-refractivity contribution in [1.29, 1.82) is 0 Å². The van der Waals surface area contributed by atoms with Crippen LogP contribution in [0.4, 0.5) is 0 Å². The molecule has 0 radical (unpaired) electrons. The van der Waals surface area contributed by atoms with Gasteiger partial charge < -0.3 is 4.57 Å². The van der Waals surface area contributed by atoms with Crippen LogP contribution < -0.4 is 0 Å². The molecule has 2 aromatic rings. The predicted octanol–water partition coefficient (Wildman–Crippen LogP) is 6.25. The smallest absolute Gasteiger partial charge is 0.127 e. The van der Waals surface area contributed by atoms with Gasteiger partial charge in [-0.15, -0.1) is 11.6 Å². The Balaban J connectivity index is 2.77. The summed E-state index contributed by atoms with van der Waals surface area (Å²) in [5.74, 6) is 1.36. The van der Waals surface area contributed by atoms with E-state index in [0.717, 1.165) is 23.3 Å². The van der Waals surface area contributed by atoms with Crippen LogP contribution in [0.15, 0.2) is 12.1 Å². The largest absolute Gasteiger partial charge is 0.323 e. The SMILES string of the molecule is CCC(C(C)C)n1c(C(C)Cl)nc2cc(Cl)c(Cl)cc21. The molecule has 2 unspecified atom stereocenters. The highest BCUT2D eigenvalue weighted by molar-refractivity contribution is 6.42. The van der Waals surface area contributed by atoms with Gasteiger partial charge in [0.1, 0.15) is 5.82 Å². The van der Waals surface area contributed by atoms with Crippen LogP contribution in [0, 0.1) is 5.92 Å². The molecule has 1 aromatic heterocycles. The summed E-state index contributed by atoms with van der Waals surface area (Å²) < 4.78 is 2.22. The van der Waals surface area contributed by atoms with Gasteiger partial charge in [-0.3, -0.25) is 0 Å². The first-order valence-corrected chi connectivity index (χ1v) is 8.07. The Morgan fingerprint density at radius 3 is 2.25 bits per heavy atom. The second-order valence-electron chi connectivity index (χ2n) is 5.43. The molecule has 0 aliphatic carbocycles. The van der Waals surface area contributed by atoms with Gasteiger partial charge in [-0.1, -0.05) is 44.0 Å². The fourth-order valence-electron chi connectivity index (χ4n) is 2.69. The van der Waals surface area contributed by atoms with E-state index in [1.54, 1.807) is 0 Å². The summed E-state index contributed by atoms with van der Waals surface area (Å²) in [5, 5.41) is 0.913. The van der Waals surface area contributed by atoms with Crippen molar-refractivity contribution in [3.63, 3.8) is 0 Å². The average molecular weight is 334 g/mol. The van der Waals surface area contributed by atoms with Gasteiger partial charge >= 0.3 is 0 Å². The first-order chi connectivity index (χ1) is 9.36. The Hall–Kier alpha value is -0.440. The summed E-state index contributed by atoms with van der Waals surface area (Å²) >= 11 is 18.6. The second-order valence-corrected chi connectivity index (χ2v) is 6.90. The molecule has 0 aliphatic rings. The van der Waals surface area contributed by atoms with Crippen LogP contribution in [0.3, 0.4) is 0 Å². The van der Waals surface area contributed by atoms with Gasteiger partial charge in [-0.25, -0.2) is 4.98 Å². The summed E-state index contributed by atoms with van der Waals surface area (Å²) in [6.45, 7) is 8.53. The van der Waals surface area contributed by atoms with Crippen molar-refractivity contribution in [2.24, 2.45) is 5.92 Å². The minimum absolute atomic E-state index is 0.159. The molecule has 2 nitrogen and oxygen atoms in total. The molecular formula is C15H19Cl3N2. The highest BCUT2D eigenvalue weighted by atomic mass is 35.5. The second kappa shape index (κ2) is 6.13. The normalized spacial score (nSPS) is 15.0. The van der Waals surface area contributed by atoms with E-state index in [4.69, 9.17) is 34.8 Å². The van der Waals surface area contributed by atoms with Gasteiger partial charge in [0.25, 0.3) is 0 Å². The number of hydrogen-bond acceptors (Lipinski definition) is 1. The number of alkyl halides is 1. The van der Waals surface area contributed by atoms with Gasteiger partial charge in [0.05, 0.1) is 26.5 Å². The van der Waals surface area contributed by atoms with Crippen molar-refractivity contribution in [2.75, 3.05) is 0 Å². The Morgan fingerprint density at radius 2 is 1.75 bits per heavy atom. The van der Waals surface area contributed by atoms with Crippen LogP contribution in [0.25, 0.3) is 11.0 Å². The zero-order chi connectivity index (χ0) is 15.0. The molecule has 5 heteroatoms. The van der Waals surface area contributed by atoms with E-state index in [0.29, 0.717) is 22.0 Å². The molecule has 2 rings (SSSR count). The fourth-order valence-corrected chi connectivity index (χ4v) is 3.16. The van der Waals surface area contributed by atoms with Gasteiger partial charge in [0.2, 0.25) is 0 Å². The van der Waals surface area contributed by atoms with Crippen molar-refractivity contribution in [2.45, 2.75) is 45.5 Å². The van der Waals surface area contributed by atoms with Crippen molar-refractivity contribution in [1.82, 2.24) is 9.55 Å². The van der Waals surface area contributed by atoms with Crippen LogP contribution in [0.2, 0.25) is 10.0 Å². The molecule has 0 saturated heterocycles. The number of benzene rings is 1. The van der Waals surface area contributed by atoms with Crippen molar-refractivity contribution in [3.05, 3.63) is 28.0 Å². The third-order valence-electron chi connectivity index (χ3n) is 3.63. The quantitative estimate of drug-likeness (QED) is 0.605. The van der Waals surface area contributed by atoms with Gasteiger partial charge in [-0.2, -0.15) is 0 Å². The summed E-state index contributed by atoms with van der Waals surface area (Å²) in [4.78, 5) is 4.65. The van der Waals surface area contributed by atoms with Crippen molar-refractivity contribution in [3.8, 4) is 0 Å². The number of fused-ring (bicyclic) bond motifs is 1. The first kappa shape index (κ1) is 15.9. The molecule has 0 spiro atoms. The minimum Gasteiger partial charge on any atom is -0.323 e. The Kier molecular flexibility index (Phi) is 4.88. The third-order valence-corrected chi connectivity index (χ3v) is 4.55. The monoisotopic (exact) mass is 332 g/mol. The van der Waals surface area contributed by atoms with E-state index in [9.17, 15) is 0 Å². The summed E-state index contributed by atoms with van der Waals surface area (Å²) in [7, 11) is 0. The number of aromatic nitrogens is 2. The molecule has 1 aromatic carbocycles. The van der Waals surface area contributed by atoms with Gasteiger partial charge in [0.15, 0.2) is 0 Å². The van der Waals surface area contributed by atoms with E-state index >= 15 is 0 Å². The first-order valence-electron chi connectivity index (χ1n) is 6.87. The standard InChI is InChI=1S/C15H19Cl3N2/c1-5-13(8(2)3)20-14-7-11(18)10(17)6-12(14)19-15(20)9(4)16/h6-9,13H,5H2,1-4H3. The lowest BCUT2D eigenvalue weighted by Gasteiger charge is -2.24. The lowest BCUT2D eigenvalue weighted by atomic mass is 10.0. The third kappa shape index (κ3) is 2.79. The lowest BCUT2D eigenvalue weighted by Crippen LogP contribution is -2.17. The number of imidazole rings is 1. The topological polar surface area (TPSA) is 17.8 Å². The van der Waals surface area contributed by atoms with E-state index in [-0.39, 0.29) is 5.38 Å². The molecule has 0 bridgehead atoms. The van der Waals surface area contributed by atoms with Crippen molar-refractivity contribution < 1.29 is 0 Å². The zero-order valence-corrected chi connectivity index (χ0v) is 14.4. The van der Waals surface area contributed by atoms with Crippen LogP contribution in [0.5, 0.6) is 0 Å². The molecule has 1 heterocycles. The Morgan fingerprint density at radius 1 is 1.15 bits per heavy atom. The Bertz CT molecular complexity index is 617. The predicted molar refractivity (Wildman–Crippen MR) is 88.2 cm³/mol. The van der Waals surface area contributed by atoms with E-state index in [2.05, 4.69) is 30.3 Å². The van der Waals surface area contributed by atoms with E-state index in [1.807, 2.05) is 19.1 Å². The Labute approximate surface area is 135 Å². The van der Waals surface area contributed by atoms with Gasteiger partial charge in [-0.05, 0) is 31.4 Å². The molecule has 0 fully saturated rings. The molecule has 0 amide bonds. The van der Waals surface area contributed by atoms with Crippen LogP contribution in [0.1, 0.15) is 51.4 Å². The van der Waals surface area contributed by atoms with Crippen LogP contribution >= 0.6 is 34.8 Å².